The summed E-state index contributed by atoms with van der Waals surface area (Å²) in [5.74, 6) is 1.59. The number of hydrogen-bond donors (Lipinski definition) is 3. The first-order valence-corrected chi connectivity index (χ1v) is 9.21. The molecular weight excluding hydrogens is 372 g/mol. The first-order chi connectivity index (χ1) is 14.0. The minimum atomic E-state index is -0.227. The van der Waals surface area contributed by atoms with E-state index in [9.17, 15) is 15.3 Å². The average molecular weight is 394 g/mol. The van der Waals surface area contributed by atoms with Gasteiger partial charge >= 0.3 is 0 Å². The smallest absolute Gasteiger partial charge is 0.130 e. The highest BCUT2D eigenvalue weighted by Crippen LogP contribution is 2.52. The number of benzene rings is 3. The van der Waals surface area contributed by atoms with Crippen molar-refractivity contribution in [3.63, 3.8) is 0 Å². The minimum absolute atomic E-state index is 0.0432. The molecule has 150 valence electrons. The summed E-state index contributed by atoms with van der Waals surface area (Å²) >= 11 is 0. The molecule has 6 nitrogen and oxygen atoms in total. The van der Waals surface area contributed by atoms with E-state index in [2.05, 4.69) is 0 Å². The van der Waals surface area contributed by atoms with Gasteiger partial charge in [-0.25, -0.2) is 0 Å². The zero-order valence-electron chi connectivity index (χ0n) is 16.1. The topological polar surface area (TPSA) is 88.4 Å². The summed E-state index contributed by atoms with van der Waals surface area (Å²) in [6, 6.07) is 15.2. The van der Waals surface area contributed by atoms with Gasteiger partial charge in [0, 0.05) is 41.2 Å². The number of ether oxygens (including phenoxy) is 3. The van der Waals surface area contributed by atoms with Crippen LogP contribution in [0.1, 0.15) is 28.5 Å². The molecule has 1 aliphatic heterocycles. The van der Waals surface area contributed by atoms with Crippen molar-refractivity contribution in [2.45, 2.75) is 11.8 Å². The van der Waals surface area contributed by atoms with E-state index in [0.717, 1.165) is 16.7 Å². The molecule has 3 aromatic rings. The molecule has 1 aliphatic rings. The lowest BCUT2D eigenvalue weighted by molar-refractivity contribution is 0.243. The number of methoxy groups -OCH3 is 2. The summed E-state index contributed by atoms with van der Waals surface area (Å²) in [6.45, 7) is 0.360. The van der Waals surface area contributed by atoms with Gasteiger partial charge in [0.05, 0.1) is 20.8 Å². The molecule has 0 radical (unpaired) electrons. The Morgan fingerprint density at radius 3 is 2.03 bits per heavy atom. The zero-order valence-corrected chi connectivity index (χ0v) is 16.1. The first-order valence-electron chi connectivity index (χ1n) is 9.21. The Balaban J connectivity index is 1.96. The van der Waals surface area contributed by atoms with E-state index in [1.807, 2.05) is 18.2 Å². The molecule has 0 aromatic heterocycles. The molecule has 0 saturated heterocycles. The second-order valence-electron chi connectivity index (χ2n) is 6.97. The normalized spacial score (nSPS) is 17.9. The van der Waals surface area contributed by atoms with E-state index in [1.165, 1.54) is 0 Å². The van der Waals surface area contributed by atoms with Crippen LogP contribution in [0, 0.1) is 0 Å². The van der Waals surface area contributed by atoms with Gasteiger partial charge in [0.15, 0.2) is 0 Å². The maximum atomic E-state index is 10.1. The second kappa shape index (κ2) is 7.47. The fourth-order valence-corrected chi connectivity index (χ4v) is 4.00. The quantitative estimate of drug-likeness (QED) is 0.617. The van der Waals surface area contributed by atoms with Crippen molar-refractivity contribution in [3.05, 3.63) is 71.3 Å². The standard InChI is InChI=1S/C23H22O6/c1-27-20-10-16(26)11-21(28-2)23(20)22-17-8-7-15(25)9-19(17)29-12-18(22)13-3-5-14(24)6-4-13/h3-11,18,22,24-26H,12H2,1-2H3. The zero-order chi connectivity index (χ0) is 20.5. The molecule has 0 bridgehead atoms. The molecule has 2 atom stereocenters. The van der Waals surface area contributed by atoms with Gasteiger partial charge in [0.2, 0.25) is 0 Å². The largest absolute Gasteiger partial charge is 0.508 e. The molecule has 0 amide bonds. The van der Waals surface area contributed by atoms with Crippen LogP contribution in [-0.2, 0) is 0 Å². The van der Waals surface area contributed by atoms with Crippen LogP contribution in [-0.4, -0.2) is 36.1 Å². The molecule has 2 unspecified atom stereocenters. The number of aromatic hydroxyl groups is 3. The van der Waals surface area contributed by atoms with Crippen molar-refractivity contribution < 1.29 is 29.5 Å². The van der Waals surface area contributed by atoms with Crippen molar-refractivity contribution in [2.75, 3.05) is 20.8 Å². The fraction of sp³-hybridized carbons (Fsp3) is 0.217. The van der Waals surface area contributed by atoms with Crippen LogP contribution >= 0.6 is 0 Å². The Kier molecular flexibility index (Phi) is 4.84. The SMILES string of the molecule is COc1cc(O)cc(OC)c1C1c2ccc(O)cc2OCC1c1ccc(O)cc1. The van der Waals surface area contributed by atoms with Crippen LogP contribution in [0.15, 0.2) is 54.6 Å². The molecule has 0 aliphatic carbocycles. The number of phenols is 3. The summed E-state index contributed by atoms with van der Waals surface area (Å²) in [4.78, 5) is 0. The summed E-state index contributed by atoms with van der Waals surface area (Å²) in [7, 11) is 3.09. The van der Waals surface area contributed by atoms with Gasteiger partial charge < -0.3 is 29.5 Å². The third-order valence-electron chi connectivity index (χ3n) is 5.31. The van der Waals surface area contributed by atoms with Crippen LogP contribution in [0.2, 0.25) is 0 Å². The van der Waals surface area contributed by atoms with Gasteiger partial charge in [0.25, 0.3) is 0 Å². The van der Waals surface area contributed by atoms with Gasteiger partial charge in [-0.05, 0) is 23.8 Å². The Morgan fingerprint density at radius 1 is 0.793 bits per heavy atom. The average Bonchev–Trinajstić information content (AvgIpc) is 2.73. The summed E-state index contributed by atoms with van der Waals surface area (Å²) in [6.07, 6.45) is 0. The predicted molar refractivity (Wildman–Crippen MR) is 108 cm³/mol. The first kappa shape index (κ1) is 18.8. The van der Waals surface area contributed by atoms with Crippen molar-refractivity contribution >= 4 is 0 Å². The molecule has 1 heterocycles. The summed E-state index contributed by atoms with van der Waals surface area (Å²) in [5, 5.41) is 29.7. The van der Waals surface area contributed by atoms with Gasteiger partial charge in [-0.3, -0.25) is 0 Å². The number of hydrogen-bond acceptors (Lipinski definition) is 6. The van der Waals surface area contributed by atoms with Crippen molar-refractivity contribution in [2.24, 2.45) is 0 Å². The molecule has 0 spiro atoms. The molecule has 4 rings (SSSR count). The van der Waals surface area contributed by atoms with Crippen LogP contribution in [0.3, 0.4) is 0 Å². The number of phenolic OH excluding ortho intramolecular Hbond substituents is 3. The van der Waals surface area contributed by atoms with E-state index in [1.54, 1.807) is 50.6 Å². The second-order valence-corrected chi connectivity index (χ2v) is 6.97. The Bertz CT molecular complexity index is 1000. The Hall–Kier alpha value is -3.54. The molecular formula is C23H22O6. The van der Waals surface area contributed by atoms with Gasteiger partial charge in [0.1, 0.15) is 34.5 Å². The van der Waals surface area contributed by atoms with E-state index >= 15 is 0 Å². The Morgan fingerprint density at radius 2 is 1.41 bits per heavy atom. The highest BCUT2D eigenvalue weighted by atomic mass is 16.5. The van der Waals surface area contributed by atoms with E-state index in [0.29, 0.717) is 23.9 Å². The fourth-order valence-electron chi connectivity index (χ4n) is 4.00. The number of rotatable bonds is 4. The van der Waals surface area contributed by atoms with Crippen molar-refractivity contribution in [1.29, 1.82) is 0 Å². The molecule has 0 saturated carbocycles. The predicted octanol–water partition coefficient (Wildman–Crippen LogP) is 4.13. The molecule has 3 aromatic carbocycles. The Labute approximate surface area is 168 Å². The summed E-state index contributed by atoms with van der Waals surface area (Å²) in [5.41, 5.74) is 2.62. The van der Waals surface area contributed by atoms with Gasteiger partial charge in [-0.2, -0.15) is 0 Å². The van der Waals surface area contributed by atoms with Gasteiger partial charge in [-0.15, -0.1) is 0 Å². The summed E-state index contributed by atoms with van der Waals surface area (Å²) < 4.78 is 17.2. The van der Waals surface area contributed by atoms with Crippen LogP contribution in [0.25, 0.3) is 0 Å². The lowest BCUT2D eigenvalue weighted by Gasteiger charge is -2.35. The van der Waals surface area contributed by atoms with Crippen LogP contribution < -0.4 is 14.2 Å². The van der Waals surface area contributed by atoms with Crippen LogP contribution in [0.5, 0.6) is 34.5 Å². The lowest BCUT2D eigenvalue weighted by Crippen LogP contribution is -2.26. The highest BCUT2D eigenvalue weighted by Gasteiger charge is 2.37. The maximum absolute atomic E-state index is 10.1. The van der Waals surface area contributed by atoms with Crippen LogP contribution in [0.4, 0.5) is 0 Å². The van der Waals surface area contributed by atoms with E-state index in [4.69, 9.17) is 14.2 Å². The van der Waals surface area contributed by atoms with Crippen molar-refractivity contribution in [1.82, 2.24) is 0 Å². The maximum Gasteiger partial charge on any atom is 0.130 e. The molecule has 29 heavy (non-hydrogen) atoms. The molecule has 3 N–H and O–H groups in total. The molecule has 6 heteroatoms. The van der Waals surface area contributed by atoms with Gasteiger partial charge in [-0.1, -0.05) is 18.2 Å². The third kappa shape index (κ3) is 3.38. The molecule has 0 fully saturated rings. The number of fused-ring (bicyclic) bond motifs is 1. The van der Waals surface area contributed by atoms with Crippen molar-refractivity contribution in [3.8, 4) is 34.5 Å². The monoisotopic (exact) mass is 394 g/mol. The lowest BCUT2D eigenvalue weighted by atomic mass is 9.75. The van der Waals surface area contributed by atoms with E-state index < -0.39 is 0 Å². The minimum Gasteiger partial charge on any atom is -0.508 e. The third-order valence-corrected chi connectivity index (χ3v) is 5.31. The highest BCUT2D eigenvalue weighted by molar-refractivity contribution is 5.59. The van der Waals surface area contributed by atoms with E-state index in [-0.39, 0.29) is 29.1 Å².